The smallest absolute Gasteiger partial charge is 0.193 e. The quantitative estimate of drug-likeness (QED) is 0.335. The maximum absolute atomic E-state index is 6.17. The lowest BCUT2D eigenvalue weighted by molar-refractivity contribution is 0.0180. The molecule has 0 radical (unpaired) electrons. The Morgan fingerprint density at radius 3 is 2.69 bits per heavy atom. The van der Waals surface area contributed by atoms with E-state index in [1.54, 1.807) is 19.2 Å². The average molecular weight is 531 g/mol. The van der Waals surface area contributed by atoms with Crippen LogP contribution in [-0.4, -0.2) is 50.8 Å². The van der Waals surface area contributed by atoms with Gasteiger partial charge in [0.1, 0.15) is 5.75 Å². The zero-order valence-electron chi connectivity index (χ0n) is 16.7. The first-order valence-corrected chi connectivity index (χ1v) is 9.73. The summed E-state index contributed by atoms with van der Waals surface area (Å²) in [4.78, 5) is 7.00. The van der Waals surface area contributed by atoms with Crippen molar-refractivity contribution >= 4 is 47.2 Å². The fourth-order valence-corrected chi connectivity index (χ4v) is 3.57. The van der Waals surface area contributed by atoms with Crippen LogP contribution in [0.15, 0.2) is 47.5 Å². The van der Waals surface area contributed by atoms with Crippen molar-refractivity contribution in [1.82, 2.24) is 4.90 Å². The number of rotatable bonds is 6. The van der Waals surface area contributed by atoms with Crippen LogP contribution in [0.4, 0.5) is 5.69 Å². The summed E-state index contributed by atoms with van der Waals surface area (Å²) >= 11 is 6.17. The normalized spacial score (nSPS) is 16.0. The molecule has 0 aliphatic carbocycles. The second kappa shape index (κ2) is 11.6. The molecule has 1 heterocycles. The summed E-state index contributed by atoms with van der Waals surface area (Å²) < 4.78 is 10.7. The van der Waals surface area contributed by atoms with Gasteiger partial charge in [0, 0.05) is 18.8 Å². The van der Waals surface area contributed by atoms with E-state index in [1.807, 2.05) is 6.07 Å². The molecular weight excluding hydrogens is 503 g/mol. The molecule has 0 spiro atoms. The standard InChI is InChI=1S/C21H27ClN4O2.HI/c1-15-4-3-5-16(12-15)19(26-8-10-28-11-9-26)14-24-21(23)25-17-6-7-20(27-2)18(22)13-17;/h3-7,12-13,19H,8-11,14H2,1-2H3,(H3,23,24,25);1H. The lowest BCUT2D eigenvalue weighted by Crippen LogP contribution is -2.40. The summed E-state index contributed by atoms with van der Waals surface area (Å²) in [5.74, 6) is 0.974. The molecule has 158 valence electrons. The number of morpholine rings is 1. The van der Waals surface area contributed by atoms with Gasteiger partial charge in [-0.15, -0.1) is 24.0 Å². The van der Waals surface area contributed by atoms with Crippen LogP contribution in [0.1, 0.15) is 17.2 Å². The highest BCUT2D eigenvalue weighted by Crippen LogP contribution is 2.27. The van der Waals surface area contributed by atoms with Crippen molar-refractivity contribution in [3.63, 3.8) is 0 Å². The number of hydrogen-bond donors (Lipinski definition) is 2. The molecule has 1 fully saturated rings. The van der Waals surface area contributed by atoms with Gasteiger partial charge in [-0.05, 0) is 30.7 Å². The van der Waals surface area contributed by atoms with E-state index in [4.69, 9.17) is 26.8 Å². The minimum Gasteiger partial charge on any atom is -0.495 e. The number of halogens is 2. The lowest BCUT2D eigenvalue weighted by Gasteiger charge is -2.34. The van der Waals surface area contributed by atoms with E-state index in [-0.39, 0.29) is 30.0 Å². The Labute approximate surface area is 194 Å². The Kier molecular flexibility index (Phi) is 9.48. The SMILES string of the molecule is COc1ccc(NC(N)=NCC(c2cccc(C)c2)N2CCOCC2)cc1Cl.I. The molecule has 2 aromatic rings. The number of aliphatic imine (C=N–C) groups is 1. The van der Waals surface area contributed by atoms with Gasteiger partial charge in [-0.3, -0.25) is 9.89 Å². The lowest BCUT2D eigenvalue weighted by atomic mass is 10.0. The molecule has 0 bridgehead atoms. The number of nitrogens with two attached hydrogens (primary N) is 1. The van der Waals surface area contributed by atoms with E-state index in [9.17, 15) is 0 Å². The molecular formula is C21H28ClIN4O2. The highest BCUT2D eigenvalue weighted by atomic mass is 127. The third kappa shape index (κ3) is 6.74. The van der Waals surface area contributed by atoms with Crippen LogP contribution in [0.3, 0.4) is 0 Å². The first-order chi connectivity index (χ1) is 13.6. The Hall–Kier alpha value is -1.55. The van der Waals surface area contributed by atoms with Crippen LogP contribution in [-0.2, 0) is 4.74 Å². The van der Waals surface area contributed by atoms with Crippen molar-refractivity contribution < 1.29 is 9.47 Å². The van der Waals surface area contributed by atoms with E-state index < -0.39 is 0 Å². The Morgan fingerprint density at radius 1 is 1.28 bits per heavy atom. The molecule has 6 nitrogen and oxygen atoms in total. The van der Waals surface area contributed by atoms with Crippen molar-refractivity contribution in [2.75, 3.05) is 45.3 Å². The maximum Gasteiger partial charge on any atom is 0.193 e. The van der Waals surface area contributed by atoms with Crippen molar-refractivity contribution in [3.8, 4) is 5.75 Å². The first kappa shape index (κ1) is 23.7. The number of benzene rings is 2. The van der Waals surface area contributed by atoms with Crippen molar-refractivity contribution in [3.05, 3.63) is 58.6 Å². The maximum atomic E-state index is 6.17. The zero-order chi connectivity index (χ0) is 19.9. The van der Waals surface area contributed by atoms with Gasteiger partial charge in [0.2, 0.25) is 0 Å². The summed E-state index contributed by atoms with van der Waals surface area (Å²) in [6, 6.07) is 14.1. The Morgan fingerprint density at radius 2 is 2.03 bits per heavy atom. The van der Waals surface area contributed by atoms with Crippen LogP contribution in [0.5, 0.6) is 5.75 Å². The predicted molar refractivity (Wildman–Crippen MR) is 130 cm³/mol. The zero-order valence-corrected chi connectivity index (χ0v) is 19.8. The first-order valence-electron chi connectivity index (χ1n) is 9.35. The monoisotopic (exact) mass is 530 g/mol. The number of methoxy groups -OCH3 is 1. The molecule has 8 heteroatoms. The van der Waals surface area contributed by atoms with Crippen LogP contribution in [0.25, 0.3) is 0 Å². The molecule has 3 N–H and O–H groups in total. The number of guanidine groups is 1. The fraction of sp³-hybridized carbons (Fsp3) is 0.381. The van der Waals surface area contributed by atoms with E-state index in [1.165, 1.54) is 11.1 Å². The van der Waals surface area contributed by atoms with Crippen molar-refractivity contribution in [1.29, 1.82) is 0 Å². The number of nitrogens with zero attached hydrogens (tertiary/aromatic N) is 2. The summed E-state index contributed by atoms with van der Waals surface area (Å²) in [6.07, 6.45) is 0. The van der Waals surface area contributed by atoms with E-state index >= 15 is 0 Å². The van der Waals surface area contributed by atoms with Crippen LogP contribution in [0, 0.1) is 6.92 Å². The highest BCUT2D eigenvalue weighted by molar-refractivity contribution is 14.0. The summed E-state index contributed by atoms with van der Waals surface area (Å²) in [7, 11) is 1.58. The van der Waals surface area contributed by atoms with Crippen LogP contribution >= 0.6 is 35.6 Å². The van der Waals surface area contributed by atoms with Gasteiger partial charge in [0.25, 0.3) is 0 Å². The van der Waals surface area contributed by atoms with Crippen LogP contribution < -0.4 is 15.8 Å². The fourth-order valence-electron chi connectivity index (χ4n) is 3.31. The van der Waals surface area contributed by atoms with Gasteiger partial charge < -0.3 is 20.5 Å². The van der Waals surface area contributed by atoms with E-state index in [0.717, 1.165) is 32.0 Å². The molecule has 2 aromatic carbocycles. The number of nitrogens with one attached hydrogen (secondary N) is 1. The Bertz CT molecular complexity index is 828. The third-order valence-corrected chi connectivity index (χ3v) is 5.07. The van der Waals surface area contributed by atoms with E-state index in [0.29, 0.717) is 23.3 Å². The van der Waals surface area contributed by atoms with E-state index in [2.05, 4.69) is 46.4 Å². The molecule has 29 heavy (non-hydrogen) atoms. The molecule has 0 saturated carbocycles. The molecule has 0 aromatic heterocycles. The predicted octanol–water partition coefficient (Wildman–Crippen LogP) is 4.08. The van der Waals surface area contributed by atoms with Crippen LogP contribution in [0.2, 0.25) is 5.02 Å². The van der Waals surface area contributed by atoms with Crippen molar-refractivity contribution in [2.45, 2.75) is 13.0 Å². The van der Waals surface area contributed by atoms with Gasteiger partial charge in [-0.25, -0.2) is 0 Å². The highest BCUT2D eigenvalue weighted by Gasteiger charge is 2.22. The summed E-state index contributed by atoms with van der Waals surface area (Å²) in [5.41, 5.74) is 9.38. The molecule has 1 atom stereocenters. The second-order valence-electron chi connectivity index (χ2n) is 6.78. The molecule has 1 aliphatic rings. The minimum atomic E-state index is 0. The molecule has 1 unspecified atom stereocenters. The van der Waals surface area contributed by atoms with Gasteiger partial charge in [-0.1, -0.05) is 41.4 Å². The largest absolute Gasteiger partial charge is 0.495 e. The minimum absolute atomic E-state index is 0. The van der Waals surface area contributed by atoms with Gasteiger partial charge in [-0.2, -0.15) is 0 Å². The van der Waals surface area contributed by atoms with Gasteiger partial charge >= 0.3 is 0 Å². The summed E-state index contributed by atoms with van der Waals surface area (Å²) in [6.45, 7) is 5.91. The molecule has 0 amide bonds. The number of ether oxygens (including phenoxy) is 2. The summed E-state index contributed by atoms with van der Waals surface area (Å²) in [5, 5.41) is 3.62. The number of hydrogen-bond acceptors (Lipinski definition) is 4. The van der Waals surface area contributed by atoms with Gasteiger partial charge in [0.15, 0.2) is 5.96 Å². The average Bonchev–Trinajstić information content (AvgIpc) is 2.69. The van der Waals surface area contributed by atoms with Gasteiger partial charge in [0.05, 0.1) is 37.9 Å². The second-order valence-corrected chi connectivity index (χ2v) is 7.19. The molecule has 1 saturated heterocycles. The molecule has 1 aliphatic heterocycles. The Balaban J connectivity index is 0.00000300. The number of anilines is 1. The third-order valence-electron chi connectivity index (χ3n) is 4.77. The molecule has 3 rings (SSSR count). The van der Waals surface area contributed by atoms with Crippen molar-refractivity contribution in [2.24, 2.45) is 10.7 Å². The topological polar surface area (TPSA) is 72.1 Å². The number of aryl methyl sites for hydroxylation is 1.